The number of aromatic nitrogens is 1. The first-order valence-corrected chi connectivity index (χ1v) is 9.09. The number of halogens is 1. The van der Waals surface area contributed by atoms with Crippen LogP contribution < -0.4 is 5.32 Å². The average Bonchev–Trinajstić information content (AvgIpc) is 2.55. The molecule has 24 heavy (non-hydrogen) atoms. The maximum atomic E-state index is 12.9. The highest BCUT2D eigenvalue weighted by molar-refractivity contribution is 7.88. The molecule has 0 aliphatic rings. The van der Waals surface area contributed by atoms with Gasteiger partial charge in [-0.2, -0.15) is 4.31 Å². The van der Waals surface area contributed by atoms with Crippen LogP contribution in [0.4, 0.5) is 4.39 Å². The molecule has 8 heteroatoms. The Morgan fingerprint density at radius 3 is 2.54 bits per heavy atom. The smallest absolute Gasteiger partial charge is 0.252 e. The van der Waals surface area contributed by atoms with Gasteiger partial charge in [-0.05, 0) is 29.8 Å². The van der Waals surface area contributed by atoms with E-state index in [0.717, 1.165) is 6.26 Å². The molecule has 6 nitrogen and oxygen atoms in total. The molecule has 0 spiro atoms. The quantitative estimate of drug-likeness (QED) is 0.818. The van der Waals surface area contributed by atoms with E-state index in [2.05, 4.69) is 10.3 Å². The van der Waals surface area contributed by atoms with Crippen molar-refractivity contribution in [2.75, 3.05) is 19.3 Å². The summed E-state index contributed by atoms with van der Waals surface area (Å²) in [4.78, 5) is 15.8. The first-order valence-electron chi connectivity index (χ1n) is 7.24. The number of carbonyl (C=O) groups is 1. The van der Waals surface area contributed by atoms with Crippen molar-refractivity contribution in [3.05, 3.63) is 65.7 Å². The Morgan fingerprint density at radius 2 is 1.96 bits per heavy atom. The van der Waals surface area contributed by atoms with E-state index < -0.39 is 10.0 Å². The van der Waals surface area contributed by atoms with Crippen LogP contribution in [-0.2, 0) is 16.6 Å². The van der Waals surface area contributed by atoms with Crippen molar-refractivity contribution in [1.29, 1.82) is 0 Å². The molecule has 1 N–H and O–H groups in total. The summed E-state index contributed by atoms with van der Waals surface area (Å²) in [7, 11) is -3.46. The molecule has 0 aliphatic heterocycles. The van der Waals surface area contributed by atoms with Gasteiger partial charge in [0.2, 0.25) is 10.0 Å². The second-order valence-electron chi connectivity index (χ2n) is 5.22. The van der Waals surface area contributed by atoms with Crippen molar-refractivity contribution in [3.63, 3.8) is 0 Å². The van der Waals surface area contributed by atoms with Crippen molar-refractivity contribution < 1.29 is 17.6 Å². The number of amides is 1. The van der Waals surface area contributed by atoms with Gasteiger partial charge in [0, 0.05) is 32.0 Å². The number of pyridine rings is 1. The van der Waals surface area contributed by atoms with Gasteiger partial charge < -0.3 is 5.32 Å². The van der Waals surface area contributed by atoms with E-state index in [1.54, 1.807) is 18.3 Å². The molecule has 0 bridgehead atoms. The van der Waals surface area contributed by atoms with Crippen molar-refractivity contribution >= 4 is 15.9 Å². The van der Waals surface area contributed by atoms with Crippen LogP contribution in [0.1, 0.15) is 15.9 Å². The summed E-state index contributed by atoms with van der Waals surface area (Å²) in [5.41, 5.74) is 1.07. The highest BCUT2D eigenvalue weighted by Crippen LogP contribution is 2.09. The molecule has 128 valence electrons. The monoisotopic (exact) mass is 351 g/mol. The van der Waals surface area contributed by atoms with Crippen LogP contribution in [0.15, 0.2) is 48.8 Å². The van der Waals surface area contributed by atoms with Crippen LogP contribution in [0.5, 0.6) is 0 Å². The Bertz CT molecular complexity index is 780. The summed E-state index contributed by atoms with van der Waals surface area (Å²) < 4.78 is 37.9. The Hall–Kier alpha value is -2.32. The van der Waals surface area contributed by atoms with Gasteiger partial charge in [-0.25, -0.2) is 12.8 Å². The number of carbonyl (C=O) groups excluding carboxylic acids is 1. The van der Waals surface area contributed by atoms with Crippen LogP contribution in [0.2, 0.25) is 0 Å². The lowest BCUT2D eigenvalue weighted by molar-refractivity contribution is 0.0951. The van der Waals surface area contributed by atoms with E-state index in [-0.39, 0.29) is 31.4 Å². The van der Waals surface area contributed by atoms with E-state index in [1.165, 1.54) is 34.8 Å². The number of benzene rings is 1. The minimum Gasteiger partial charge on any atom is -0.351 e. The Balaban J connectivity index is 1.95. The molecule has 1 aromatic carbocycles. The lowest BCUT2D eigenvalue weighted by Crippen LogP contribution is -2.37. The summed E-state index contributed by atoms with van der Waals surface area (Å²) >= 11 is 0. The van der Waals surface area contributed by atoms with Crippen molar-refractivity contribution in [2.24, 2.45) is 0 Å². The Kier molecular flexibility index (Phi) is 5.99. The fourth-order valence-electron chi connectivity index (χ4n) is 2.05. The van der Waals surface area contributed by atoms with Gasteiger partial charge in [-0.3, -0.25) is 9.78 Å². The second kappa shape index (κ2) is 7.98. The summed E-state index contributed by atoms with van der Waals surface area (Å²) in [5.74, 6) is -0.702. The SMILES string of the molecule is CS(=O)(=O)N(CCNC(=O)c1cccnc1)Cc1ccc(F)cc1. The van der Waals surface area contributed by atoms with Gasteiger partial charge in [0.15, 0.2) is 0 Å². The van der Waals surface area contributed by atoms with Crippen molar-refractivity contribution in [1.82, 2.24) is 14.6 Å². The molecule has 2 rings (SSSR count). The number of nitrogens with one attached hydrogen (secondary N) is 1. The van der Waals surface area contributed by atoms with Crippen molar-refractivity contribution in [3.8, 4) is 0 Å². The van der Waals surface area contributed by atoms with E-state index in [0.29, 0.717) is 11.1 Å². The molecule has 0 radical (unpaired) electrons. The minimum absolute atomic E-state index is 0.113. The molecule has 0 fully saturated rings. The average molecular weight is 351 g/mol. The van der Waals surface area contributed by atoms with Gasteiger partial charge in [0.1, 0.15) is 5.82 Å². The van der Waals surface area contributed by atoms with E-state index >= 15 is 0 Å². The Morgan fingerprint density at radius 1 is 1.25 bits per heavy atom. The van der Waals surface area contributed by atoms with Crippen LogP contribution >= 0.6 is 0 Å². The molecule has 0 aliphatic carbocycles. The molecule has 0 saturated carbocycles. The molecule has 1 aromatic heterocycles. The number of hydrogen-bond donors (Lipinski definition) is 1. The number of rotatable bonds is 7. The Labute approximate surface area is 140 Å². The van der Waals surface area contributed by atoms with Gasteiger partial charge in [0.25, 0.3) is 5.91 Å². The van der Waals surface area contributed by atoms with Gasteiger partial charge in [0.05, 0.1) is 11.8 Å². The summed E-state index contributed by atoms with van der Waals surface area (Å²) in [6, 6.07) is 8.88. The summed E-state index contributed by atoms with van der Waals surface area (Å²) in [6.45, 7) is 0.381. The summed E-state index contributed by atoms with van der Waals surface area (Å²) in [6.07, 6.45) is 4.09. The van der Waals surface area contributed by atoms with Gasteiger partial charge >= 0.3 is 0 Å². The van der Waals surface area contributed by atoms with Crippen LogP contribution in [0.3, 0.4) is 0 Å². The second-order valence-corrected chi connectivity index (χ2v) is 7.20. The highest BCUT2D eigenvalue weighted by Gasteiger charge is 2.17. The molecule has 1 amide bonds. The molecule has 0 saturated heterocycles. The molecule has 2 aromatic rings. The predicted octanol–water partition coefficient (Wildman–Crippen LogP) is 1.41. The lowest BCUT2D eigenvalue weighted by atomic mass is 10.2. The molecular weight excluding hydrogens is 333 g/mol. The van der Waals surface area contributed by atoms with Gasteiger partial charge in [-0.15, -0.1) is 0 Å². The van der Waals surface area contributed by atoms with E-state index in [9.17, 15) is 17.6 Å². The molecule has 0 unspecified atom stereocenters. The van der Waals surface area contributed by atoms with Crippen molar-refractivity contribution in [2.45, 2.75) is 6.54 Å². The van der Waals surface area contributed by atoms with Crippen LogP contribution in [0, 0.1) is 5.82 Å². The normalized spacial score (nSPS) is 11.5. The highest BCUT2D eigenvalue weighted by atomic mass is 32.2. The number of nitrogens with zero attached hydrogens (tertiary/aromatic N) is 2. The zero-order chi connectivity index (χ0) is 17.6. The topological polar surface area (TPSA) is 79.4 Å². The lowest BCUT2D eigenvalue weighted by Gasteiger charge is -2.20. The minimum atomic E-state index is -3.46. The third-order valence-corrected chi connectivity index (χ3v) is 4.56. The zero-order valence-electron chi connectivity index (χ0n) is 13.1. The third-order valence-electron chi connectivity index (χ3n) is 3.31. The first kappa shape index (κ1) is 18.0. The maximum Gasteiger partial charge on any atom is 0.252 e. The zero-order valence-corrected chi connectivity index (χ0v) is 14.0. The first-order chi connectivity index (χ1) is 11.4. The van der Waals surface area contributed by atoms with E-state index in [4.69, 9.17) is 0 Å². The summed E-state index contributed by atoms with van der Waals surface area (Å²) in [5, 5.41) is 2.65. The molecule has 0 atom stereocenters. The number of hydrogen-bond acceptors (Lipinski definition) is 4. The van der Waals surface area contributed by atoms with Gasteiger partial charge in [-0.1, -0.05) is 12.1 Å². The fourth-order valence-corrected chi connectivity index (χ4v) is 2.86. The largest absolute Gasteiger partial charge is 0.351 e. The molecular formula is C16H18FN3O3S. The van der Waals surface area contributed by atoms with Crippen LogP contribution in [0.25, 0.3) is 0 Å². The van der Waals surface area contributed by atoms with E-state index in [1.807, 2.05) is 0 Å². The third kappa shape index (κ3) is 5.39. The fraction of sp³-hybridized carbons (Fsp3) is 0.250. The molecule has 1 heterocycles. The number of sulfonamides is 1. The van der Waals surface area contributed by atoms with Crippen LogP contribution in [-0.4, -0.2) is 43.0 Å². The predicted molar refractivity (Wildman–Crippen MR) is 88.2 cm³/mol. The maximum absolute atomic E-state index is 12.9. The standard InChI is InChI=1S/C16H18FN3O3S/c1-24(22,23)20(12-13-4-6-15(17)7-5-13)10-9-19-16(21)14-3-2-8-18-11-14/h2-8,11H,9-10,12H2,1H3,(H,19,21).